The number of hydrogen-bond acceptors (Lipinski definition) is 6. The van der Waals surface area contributed by atoms with E-state index in [2.05, 4.69) is 123 Å². The minimum absolute atomic E-state index is 0.0277. The largest absolute Gasteiger partial charge is 0.472 e. The Morgan fingerprint density at radius 2 is 0.810 bits per heavy atom. The molecule has 3 atom stereocenters. The monoisotopic (exact) mass is 1120 g/mol. The quantitative estimate of drug-likeness (QED) is 0.0205. The maximum Gasteiger partial charge on any atom is 0.472 e. The van der Waals surface area contributed by atoms with Crippen LogP contribution < -0.4 is 5.32 Å². The van der Waals surface area contributed by atoms with Crippen molar-refractivity contribution < 1.29 is 37.3 Å². The first-order chi connectivity index (χ1) is 38.4. The molecule has 79 heavy (non-hydrogen) atoms. The van der Waals surface area contributed by atoms with Crippen molar-refractivity contribution in [3.05, 3.63) is 109 Å². The van der Waals surface area contributed by atoms with Gasteiger partial charge in [-0.1, -0.05) is 246 Å². The van der Waals surface area contributed by atoms with E-state index >= 15 is 0 Å². The lowest BCUT2D eigenvalue weighted by molar-refractivity contribution is -0.870. The van der Waals surface area contributed by atoms with E-state index in [-0.39, 0.29) is 31.5 Å². The van der Waals surface area contributed by atoms with E-state index < -0.39 is 20.0 Å². The van der Waals surface area contributed by atoms with Gasteiger partial charge < -0.3 is 19.4 Å². The molecule has 0 aromatic carbocycles. The van der Waals surface area contributed by atoms with Crippen LogP contribution in [0.4, 0.5) is 0 Å². The van der Waals surface area contributed by atoms with Crippen LogP contribution in [-0.4, -0.2) is 74.3 Å². The molecule has 1 amide bonds. The molecule has 454 valence electrons. The molecule has 0 fully saturated rings. The molecule has 3 unspecified atom stereocenters. The van der Waals surface area contributed by atoms with Gasteiger partial charge >= 0.3 is 13.8 Å². The maximum absolute atomic E-state index is 13.6. The molecule has 0 bridgehead atoms. The number of carbonyl (C=O) groups excluding carboxylic acids is 2. The van der Waals surface area contributed by atoms with Gasteiger partial charge in [-0.2, -0.15) is 0 Å². The van der Waals surface area contributed by atoms with Crippen molar-refractivity contribution in [3.8, 4) is 0 Å². The van der Waals surface area contributed by atoms with E-state index in [9.17, 15) is 19.0 Å². The summed E-state index contributed by atoms with van der Waals surface area (Å²) in [6.07, 6.45) is 79.4. The number of hydrogen-bond donors (Lipinski definition) is 2. The molecule has 0 heterocycles. The second kappa shape index (κ2) is 57.9. The molecule has 0 saturated carbocycles. The minimum atomic E-state index is -4.47. The van der Waals surface area contributed by atoms with Gasteiger partial charge in [0.2, 0.25) is 5.91 Å². The first kappa shape index (κ1) is 75.7. The molecule has 10 heteroatoms. The molecule has 0 aliphatic carbocycles. The number of rotatable bonds is 57. The van der Waals surface area contributed by atoms with Crippen molar-refractivity contribution in [1.82, 2.24) is 5.32 Å². The molecule has 0 aromatic heterocycles. The van der Waals surface area contributed by atoms with Crippen molar-refractivity contribution in [2.45, 2.75) is 277 Å². The lowest BCUT2D eigenvalue weighted by atomic mass is 10.0. The topological polar surface area (TPSA) is 111 Å². The summed E-state index contributed by atoms with van der Waals surface area (Å²) in [5, 5.41) is 3.05. The van der Waals surface area contributed by atoms with Gasteiger partial charge in [-0.3, -0.25) is 18.6 Å². The average Bonchev–Trinajstić information content (AvgIpc) is 3.41. The number of ether oxygens (including phenoxy) is 1. The van der Waals surface area contributed by atoms with E-state index in [1.165, 1.54) is 109 Å². The van der Waals surface area contributed by atoms with Gasteiger partial charge in [-0.05, 0) is 115 Å². The summed E-state index contributed by atoms with van der Waals surface area (Å²) >= 11 is 0. The van der Waals surface area contributed by atoms with Gasteiger partial charge in [0.15, 0.2) is 0 Å². The first-order valence-corrected chi connectivity index (χ1v) is 33.7. The van der Waals surface area contributed by atoms with Crippen LogP contribution in [0.15, 0.2) is 109 Å². The molecular formula is C69H122N2O7P+. The molecule has 0 radical (unpaired) electrons. The fourth-order valence-electron chi connectivity index (χ4n) is 8.74. The van der Waals surface area contributed by atoms with Crippen molar-refractivity contribution in [2.75, 3.05) is 40.9 Å². The predicted molar refractivity (Wildman–Crippen MR) is 341 cm³/mol. The number of likely N-dealkylation sites (N-methyl/N-ethyl adjacent to an activating group) is 1. The normalized spacial score (nSPS) is 14.4. The Bertz CT molecular complexity index is 1720. The number of unbranched alkanes of at least 4 members (excludes halogenated alkanes) is 25. The molecule has 0 aromatic rings. The Kier molecular flexibility index (Phi) is 55.4. The average molecular weight is 1120 g/mol. The zero-order chi connectivity index (χ0) is 57.9. The number of nitrogens with zero attached hydrogens (tertiary/aromatic N) is 1. The highest BCUT2D eigenvalue weighted by molar-refractivity contribution is 7.47. The number of carbonyl (C=O) groups is 2. The molecule has 0 aliphatic rings. The number of phosphoric acid groups is 1. The summed E-state index contributed by atoms with van der Waals surface area (Å²) in [6, 6.07) is -0.874. The Morgan fingerprint density at radius 3 is 1.25 bits per heavy atom. The SMILES string of the molecule is CC/C=C\C/C=C\C/C=C\C/C=C\C/C=C\CCCCCC(=O)OC(/C=C/CCCCCCCCCCCCC)C(COP(=O)(O)OCC[N+](C)(C)C)NC(=O)CCCCCCCCCC/C=C\C/C=C\C/C=C\CCCCC. The van der Waals surface area contributed by atoms with Crippen LogP contribution in [-0.2, 0) is 27.9 Å². The summed E-state index contributed by atoms with van der Waals surface area (Å²) in [5.41, 5.74) is 0. The van der Waals surface area contributed by atoms with Gasteiger partial charge in [-0.25, -0.2) is 4.57 Å². The van der Waals surface area contributed by atoms with Gasteiger partial charge in [0.05, 0.1) is 33.8 Å². The smallest absolute Gasteiger partial charge is 0.456 e. The van der Waals surface area contributed by atoms with Crippen molar-refractivity contribution in [1.29, 1.82) is 0 Å². The van der Waals surface area contributed by atoms with Gasteiger partial charge in [0, 0.05) is 12.8 Å². The standard InChI is InChI=1S/C69H121N2O7P/c1-7-10-13-16-19-22-25-28-30-32-34-35-37-38-40-43-46-49-52-55-58-61-68(72)70-66(65-77-79(74,75)76-64-63-71(4,5)6)67(60-57-54-51-48-45-42-27-24-21-18-15-12-9-3)78-69(73)62-59-56-53-50-47-44-41-39-36-33-31-29-26-23-20-17-14-11-8-2/h11,14,19-20,22-23,28-31,34-36,39,44,47,57,60,66-67H,7-10,12-13,15-18,21,24-27,32-33,37-38,40-43,45-46,48-56,58-59,61-65H2,1-6H3,(H-,70,72,74,75)/p+1/b14-11-,22-19-,23-20-,30-28-,31-29-,35-34-,39-36-,47-44-,60-57+. The number of quaternary nitrogens is 1. The molecule has 0 aliphatic heterocycles. The van der Waals surface area contributed by atoms with E-state index in [4.69, 9.17) is 13.8 Å². The highest BCUT2D eigenvalue weighted by Gasteiger charge is 2.30. The lowest BCUT2D eigenvalue weighted by Crippen LogP contribution is -2.47. The summed E-state index contributed by atoms with van der Waals surface area (Å²) < 4.78 is 30.7. The summed E-state index contributed by atoms with van der Waals surface area (Å²) in [6.45, 7) is 6.84. The molecular weight excluding hydrogens is 1000 g/mol. The molecule has 2 N–H and O–H groups in total. The van der Waals surface area contributed by atoms with Crippen molar-refractivity contribution in [3.63, 3.8) is 0 Å². The number of phosphoric ester groups is 1. The van der Waals surface area contributed by atoms with Gasteiger partial charge in [-0.15, -0.1) is 0 Å². The number of esters is 1. The predicted octanol–water partition coefficient (Wildman–Crippen LogP) is 20.1. The van der Waals surface area contributed by atoms with E-state index in [1.54, 1.807) is 0 Å². The van der Waals surface area contributed by atoms with Crippen LogP contribution in [0.25, 0.3) is 0 Å². The van der Waals surface area contributed by atoms with Crippen LogP contribution in [0, 0.1) is 0 Å². The van der Waals surface area contributed by atoms with Crippen molar-refractivity contribution in [2.24, 2.45) is 0 Å². The highest BCUT2D eigenvalue weighted by atomic mass is 31.2. The fraction of sp³-hybridized carbons (Fsp3) is 0.710. The van der Waals surface area contributed by atoms with Crippen LogP contribution in [0.5, 0.6) is 0 Å². The highest BCUT2D eigenvalue weighted by Crippen LogP contribution is 2.43. The van der Waals surface area contributed by atoms with Crippen molar-refractivity contribution >= 4 is 19.7 Å². The Labute approximate surface area is 487 Å². The Morgan fingerprint density at radius 1 is 0.456 bits per heavy atom. The zero-order valence-corrected chi connectivity index (χ0v) is 52.7. The van der Waals surface area contributed by atoms with Crippen LogP contribution in [0.2, 0.25) is 0 Å². The third-order valence-corrected chi connectivity index (χ3v) is 14.7. The summed E-state index contributed by atoms with van der Waals surface area (Å²) in [7, 11) is 1.46. The molecule has 0 spiro atoms. The van der Waals surface area contributed by atoms with Crippen LogP contribution in [0.1, 0.15) is 265 Å². The van der Waals surface area contributed by atoms with E-state index in [1.807, 2.05) is 33.3 Å². The second-order valence-corrected chi connectivity index (χ2v) is 24.0. The van der Waals surface area contributed by atoms with Gasteiger partial charge in [0.25, 0.3) is 0 Å². The number of allylic oxidation sites excluding steroid dienone is 17. The number of nitrogens with one attached hydrogen (secondary N) is 1. The minimum Gasteiger partial charge on any atom is -0.456 e. The first-order valence-electron chi connectivity index (χ1n) is 32.2. The lowest BCUT2D eigenvalue weighted by Gasteiger charge is -2.27. The van der Waals surface area contributed by atoms with Crippen LogP contribution >= 0.6 is 7.82 Å². The third kappa shape index (κ3) is 59.1. The van der Waals surface area contributed by atoms with E-state index in [0.29, 0.717) is 23.9 Å². The van der Waals surface area contributed by atoms with Gasteiger partial charge in [0.1, 0.15) is 19.3 Å². The molecule has 0 rings (SSSR count). The van der Waals surface area contributed by atoms with E-state index in [0.717, 1.165) is 116 Å². The zero-order valence-electron chi connectivity index (χ0n) is 51.8. The fourth-order valence-corrected chi connectivity index (χ4v) is 9.47. The Hall–Kier alpha value is -3.33. The molecule has 0 saturated heterocycles. The number of amides is 1. The third-order valence-electron chi connectivity index (χ3n) is 13.7. The second-order valence-electron chi connectivity index (χ2n) is 22.5. The maximum atomic E-state index is 13.6. The Balaban J connectivity index is 5.33. The molecule has 9 nitrogen and oxygen atoms in total. The summed E-state index contributed by atoms with van der Waals surface area (Å²) in [5.74, 6) is -0.554. The summed E-state index contributed by atoms with van der Waals surface area (Å²) in [4.78, 5) is 37.8. The van der Waals surface area contributed by atoms with Crippen LogP contribution in [0.3, 0.4) is 0 Å².